The van der Waals surface area contributed by atoms with Crippen LogP contribution in [0.4, 0.5) is 0 Å². The van der Waals surface area contributed by atoms with Gasteiger partial charge in [-0.1, -0.05) is 27.2 Å². The zero-order valence-corrected chi connectivity index (χ0v) is 15.0. The van der Waals surface area contributed by atoms with E-state index in [0.29, 0.717) is 6.61 Å². The van der Waals surface area contributed by atoms with Gasteiger partial charge in [-0.2, -0.15) is 5.10 Å². The summed E-state index contributed by atoms with van der Waals surface area (Å²) in [7, 11) is -1.76. The Morgan fingerprint density at radius 1 is 1.45 bits per heavy atom. The lowest BCUT2D eigenvalue weighted by Gasteiger charge is -2.38. The molecule has 0 bridgehead atoms. The number of nitrogens with zero attached hydrogens (tertiary/aromatic N) is 1. The Kier molecular flexibility index (Phi) is 6.37. The Morgan fingerprint density at radius 2 is 2.10 bits per heavy atom. The Labute approximate surface area is 126 Å². The van der Waals surface area contributed by atoms with E-state index in [0.717, 1.165) is 31.4 Å². The van der Waals surface area contributed by atoms with Crippen LogP contribution >= 0.6 is 0 Å². The molecule has 0 radical (unpaired) electrons. The van der Waals surface area contributed by atoms with Crippen molar-refractivity contribution in [2.24, 2.45) is 11.0 Å². The van der Waals surface area contributed by atoms with E-state index in [9.17, 15) is 8.76 Å². The summed E-state index contributed by atoms with van der Waals surface area (Å²) in [6.07, 6.45) is 4.12. The van der Waals surface area contributed by atoms with Crippen LogP contribution in [0, 0.1) is 5.92 Å². The molecule has 5 nitrogen and oxygen atoms in total. The van der Waals surface area contributed by atoms with Crippen molar-refractivity contribution in [3.8, 4) is 0 Å². The van der Waals surface area contributed by atoms with Gasteiger partial charge >= 0.3 is 0 Å². The van der Waals surface area contributed by atoms with Crippen molar-refractivity contribution in [3.05, 3.63) is 0 Å². The van der Waals surface area contributed by atoms with Gasteiger partial charge in [0.2, 0.25) is 0 Å². The molecule has 0 aromatic rings. The lowest BCUT2D eigenvalue weighted by molar-refractivity contribution is 0.245. The fourth-order valence-electron chi connectivity index (χ4n) is 2.02. The molecule has 0 aromatic heterocycles. The first-order valence-electron chi connectivity index (χ1n) is 7.19. The van der Waals surface area contributed by atoms with Crippen LogP contribution in [0.15, 0.2) is 5.10 Å². The number of hydrazone groups is 1. The highest BCUT2D eigenvalue weighted by molar-refractivity contribution is 7.77. The van der Waals surface area contributed by atoms with Gasteiger partial charge in [-0.15, -0.1) is 0 Å². The molecule has 7 heteroatoms. The van der Waals surface area contributed by atoms with Gasteiger partial charge in [-0.3, -0.25) is 4.21 Å². The number of rotatable bonds is 5. The van der Waals surface area contributed by atoms with Crippen molar-refractivity contribution >= 4 is 25.3 Å². The Morgan fingerprint density at radius 3 is 2.65 bits per heavy atom. The van der Waals surface area contributed by atoms with Crippen LogP contribution in [0.1, 0.15) is 46.5 Å². The van der Waals surface area contributed by atoms with Crippen LogP contribution in [0.5, 0.6) is 0 Å². The van der Waals surface area contributed by atoms with E-state index in [2.05, 4.69) is 43.8 Å². The molecule has 1 aliphatic rings. The second-order valence-electron chi connectivity index (χ2n) is 6.94. The minimum atomic E-state index is -2.34. The summed E-state index contributed by atoms with van der Waals surface area (Å²) in [5.41, 5.74) is 0.930. The summed E-state index contributed by atoms with van der Waals surface area (Å²) in [5.74, 6) is 0.244. The highest BCUT2D eigenvalue weighted by atomic mass is 32.2. The van der Waals surface area contributed by atoms with Gasteiger partial charge in [0.1, 0.15) is 0 Å². The average molecular weight is 320 g/mol. The highest BCUT2D eigenvalue weighted by Crippen LogP contribution is 2.37. The molecule has 118 valence electrons. The fourth-order valence-corrected chi connectivity index (χ4v) is 3.26. The number of hydrogen-bond acceptors (Lipinski definition) is 4. The van der Waals surface area contributed by atoms with Gasteiger partial charge in [0.25, 0.3) is 0 Å². The predicted octanol–water partition coefficient (Wildman–Crippen LogP) is 2.94. The molecule has 0 saturated heterocycles. The topological polar surface area (TPSA) is 73.8 Å². The first-order valence-corrected chi connectivity index (χ1v) is 11.2. The highest BCUT2D eigenvalue weighted by Gasteiger charge is 2.38. The maximum atomic E-state index is 10.6. The van der Waals surface area contributed by atoms with Crippen molar-refractivity contribution in [1.29, 1.82) is 0 Å². The SMILES string of the molecule is CC(C)(C)[Si](C)(C)OCC1CCCC/C1=N\NS(=O)[O-]. The molecule has 20 heavy (non-hydrogen) atoms. The Hall–Kier alpha value is -0.243. The molecule has 0 heterocycles. The van der Waals surface area contributed by atoms with Gasteiger partial charge < -0.3 is 8.98 Å². The molecule has 0 spiro atoms. The Balaban J connectivity index is 2.64. The number of nitrogens with one attached hydrogen (secondary N) is 1. The Bertz CT molecular complexity index is 380. The summed E-state index contributed by atoms with van der Waals surface area (Å²) in [4.78, 5) is 2.13. The standard InChI is InChI=1S/C13H28N2O3SSi/c1-13(2,3)20(4,5)18-10-11-8-6-7-9-12(11)14-15-19(16)17/h11,15H,6-10H2,1-5H3,(H,16,17)/p-1/b14-12+. The third-order valence-electron chi connectivity index (χ3n) is 4.42. The minimum absolute atomic E-state index is 0.188. The van der Waals surface area contributed by atoms with Crippen LogP contribution in [0.2, 0.25) is 18.1 Å². The van der Waals surface area contributed by atoms with Crippen LogP contribution in [-0.4, -0.2) is 29.4 Å². The fraction of sp³-hybridized carbons (Fsp3) is 0.923. The molecule has 1 saturated carbocycles. The molecule has 1 fully saturated rings. The van der Waals surface area contributed by atoms with Gasteiger partial charge in [-0.25, -0.2) is 4.83 Å². The lowest BCUT2D eigenvalue weighted by Crippen LogP contribution is -2.43. The first kappa shape index (κ1) is 17.8. The van der Waals surface area contributed by atoms with Crippen LogP contribution in [0.3, 0.4) is 0 Å². The van der Waals surface area contributed by atoms with E-state index in [-0.39, 0.29) is 11.0 Å². The van der Waals surface area contributed by atoms with Gasteiger partial charge in [0, 0.05) is 18.2 Å². The number of hydrogen-bond donors (Lipinski definition) is 1. The molecular formula is C13H27N2O3SSi-. The van der Waals surface area contributed by atoms with Crippen molar-refractivity contribution in [1.82, 2.24) is 4.83 Å². The predicted molar refractivity (Wildman–Crippen MR) is 84.6 cm³/mol. The monoisotopic (exact) mass is 319 g/mol. The quantitative estimate of drug-likeness (QED) is 0.481. The summed E-state index contributed by atoms with van der Waals surface area (Å²) in [6.45, 7) is 11.8. The summed E-state index contributed by atoms with van der Waals surface area (Å²) in [5, 5.41) is 4.20. The molecular weight excluding hydrogens is 292 g/mol. The molecule has 1 aliphatic carbocycles. The molecule has 1 rings (SSSR count). The van der Waals surface area contributed by atoms with E-state index in [1.807, 2.05) is 0 Å². The summed E-state index contributed by atoms with van der Waals surface area (Å²) in [6, 6.07) is 0. The zero-order chi connectivity index (χ0) is 15.4. The van der Waals surface area contributed by atoms with Crippen molar-refractivity contribution in [2.45, 2.75) is 64.6 Å². The normalized spacial score (nSPS) is 24.7. The average Bonchev–Trinajstić information content (AvgIpc) is 2.33. The molecule has 0 amide bonds. The molecule has 0 aliphatic heterocycles. The van der Waals surface area contributed by atoms with E-state index in [1.165, 1.54) is 0 Å². The van der Waals surface area contributed by atoms with Crippen molar-refractivity contribution in [3.63, 3.8) is 0 Å². The third kappa shape index (κ3) is 5.27. The second-order valence-corrected chi connectivity index (χ2v) is 12.4. The van der Waals surface area contributed by atoms with Gasteiger partial charge in [-0.05, 0) is 37.4 Å². The maximum Gasteiger partial charge on any atom is 0.192 e. The summed E-state index contributed by atoms with van der Waals surface area (Å²) >= 11 is -2.34. The first-order chi connectivity index (χ1) is 9.13. The third-order valence-corrected chi connectivity index (χ3v) is 9.16. The van der Waals surface area contributed by atoms with E-state index < -0.39 is 19.6 Å². The van der Waals surface area contributed by atoms with Crippen LogP contribution < -0.4 is 4.83 Å². The molecule has 2 atom stereocenters. The van der Waals surface area contributed by atoms with Crippen LogP contribution in [-0.2, 0) is 15.7 Å². The van der Waals surface area contributed by atoms with E-state index in [1.54, 1.807) is 0 Å². The van der Waals surface area contributed by atoms with Crippen molar-refractivity contribution < 1.29 is 13.2 Å². The maximum absolute atomic E-state index is 10.6. The molecule has 1 N–H and O–H groups in total. The van der Waals surface area contributed by atoms with Gasteiger partial charge in [0.15, 0.2) is 8.32 Å². The molecule has 0 aromatic carbocycles. The largest absolute Gasteiger partial charge is 0.754 e. The molecule has 2 unspecified atom stereocenters. The minimum Gasteiger partial charge on any atom is -0.754 e. The van der Waals surface area contributed by atoms with Crippen LogP contribution in [0.25, 0.3) is 0 Å². The summed E-state index contributed by atoms with van der Waals surface area (Å²) < 4.78 is 27.4. The second kappa shape index (κ2) is 7.15. The van der Waals surface area contributed by atoms with E-state index >= 15 is 0 Å². The smallest absolute Gasteiger partial charge is 0.192 e. The zero-order valence-electron chi connectivity index (χ0n) is 13.2. The van der Waals surface area contributed by atoms with Gasteiger partial charge in [0.05, 0.1) is 11.3 Å². The van der Waals surface area contributed by atoms with Crippen molar-refractivity contribution in [2.75, 3.05) is 6.61 Å². The lowest BCUT2D eigenvalue weighted by atomic mass is 9.88. The van der Waals surface area contributed by atoms with E-state index in [4.69, 9.17) is 4.43 Å².